The van der Waals surface area contributed by atoms with Gasteiger partial charge in [-0.25, -0.2) is 4.79 Å². The van der Waals surface area contributed by atoms with Gasteiger partial charge in [-0.15, -0.1) is 11.3 Å². The molecule has 0 radical (unpaired) electrons. The number of aromatic hydroxyl groups is 1. The molecule has 5 rings (SSSR count). The summed E-state index contributed by atoms with van der Waals surface area (Å²) in [6.45, 7) is 1.88. The molecule has 0 bridgehead atoms. The van der Waals surface area contributed by atoms with Gasteiger partial charge in [0.1, 0.15) is 11.9 Å². The lowest BCUT2D eigenvalue weighted by Crippen LogP contribution is -2.36. The normalized spacial score (nSPS) is 23.8. The molecule has 0 saturated heterocycles. The summed E-state index contributed by atoms with van der Waals surface area (Å²) in [4.78, 5) is 28.0. The lowest BCUT2D eigenvalue weighted by atomic mass is 9.72. The van der Waals surface area contributed by atoms with Crippen molar-refractivity contribution in [3.05, 3.63) is 74.8 Å². The number of ketones is 1. The average molecular weight is 450 g/mol. The van der Waals surface area contributed by atoms with Crippen LogP contribution < -0.4 is 5.32 Å². The first-order chi connectivity index (χ1) is 15.5. The largest absolute Gasteiger partial charge is 0.508 e. The van der Waals surface area contributed by atoms with Crippen LogP contribution in [-0.4, -0.2) is 23.0 Å². The number of dihydropyridines is 1. The van der Waals surface area contributed by atoms with Crippen LogP contribution in [0, 0.1) is 0 Å². The second kappa shape index (κ2) is 8.58. The van der Waals surface area contributed by atoms with Crippen molar-refractivity contribution < 1.29 is 19.4 Å². The number of thiophene rings is 1. The number of rotatable bonds is 4. The number of hydrogen-bond donors (Lipinski definition) is 2. The Morgan fingerprint density at radius 1 is 1.16 bits per heavy atom. The molecule has 2 aliphatic carbocycles. The van der Waals surface area contributed by atoms with Gasteiger partial charge in [-0.05, 0) is 68.2 Å². The van der Waals surface area contributed by atoms with E-state index in [1.807, 2.05) is 24.4 Å². The number of carbonyl (C=O) groups excluding carboxylic acids is 2. The van der Waals surface area contributed by atoms with E-state index in [2.05, 4.69) is 11.4 Å². The summed E-state index contributed by atoms with van der Waals surface area (Å²) in [6.07, 6.45) is 4.99. The summed E-state index contributed by atoms with van der Waals surface area (Å²) >= 11 is 1.67. The standard InChI is InChI=1S/C26H27NO4S/c1-15-23(26(30)31-19-8-2-3-9-19)24(16-6-4-7-18(28)12-16)25-20(27-15)13-17(14-21(25)29)22-10-5-11-32-22/h4-7,10-12,17,19,24,27-28H,2-3,8-9,13-14H2,1H3/t17-,24-/m1/s1. The minimum absolute atomic E-state index is 0.0455. The predicted molar refractivity (Wildman–Crippen MR) is 123 cm³/mol. The van der Waals surface area contributed by atoms with E-state index in [4.69, 9.17) is 4.74 Å². The highest BCUT2D eigenvalue weighted by molar-refractivity contribution is 7.10. The predicted octanol–water partition coefficient (Wildman–Crippen LogP) is 5.30. The Labute approximate surface area is 191 Å². The van der Waals surface area contributed by atoms with Gasteiger partial charge in [-0.1, -0.05) is 18.2 Å². The maximum Gasteiger partial charge on any atom is 0.337 e. The van der Waals surface area contributed by atoms with Crippen molar-refractivity contribution in [1.82, 2.24) is 5.32 Å². The van der Waals surface area contributed by atoms with Crippen LogP contribution in [0.4, 0.5) is 0 Å². The Morgan fingerprint density at radius 2 is 1.97 bits per heavy atom. The number of ether oxygens (including phenoxy) is 1. The van der Waals surface area contributed by atoms with Crippen molar-refractivity contribution in [3.63, 3.8) is 0 Å². The van der Waals surface area contributed by atoms with E-state index in [1.54, 1.807) is 29.5 Å². The first-order valence-electron chi connectivity index (χ1n) is 11.3. The molecule has 2 aromatic rings. The third kappa shape index (κ3) is 3.88. The second-order valence-electron chi connectivity index (χ2n) is 8.94. The first kappa shape index (κ1) is 21.0. The van der Waals surface area contributed by atoms with E-state index >= 15 is 0 Å². The van der Waals surface area contributed by atoms with Gasteiger partial charge in [0.25, 0.3) is 0 Å². The van der Waals surface area contributed by atoms with Gasteiger partial charge in [0.05, 0.1) is 5.57 Å². The Kier molecular flexibility index (Phi) is 5.64. The Balaban J connectivity index is 1.55. The number of Topliss-reactive ketones (excluding diaryl/α,β-unsaturated/α-hetero) is 1. The van der Waals surface area contributed by atoms with Crippen LogP contribution in [0.2, 0.25) is 0 Å². The zero-order valence-corrected chi connectivity index (χ0v) is 18.9. The zero-order valence-electron chi connectivity index (χ0n) is 18.1. The van der Waals surface area contributed by atoms with Gasteiger partial charge in [-0.2, -0.15) is 0 Å². The van der Waals surface area contributed by atoms with E-state index in [-0.39, 0.29) is 29.5 Å². The van der Waals surface area contributed by atoms with Gasteiger partial charge < -0.3 is 15.2 Å². The van der Waals surface area contributed by atoms with Crippen molar-refractivity contribution in [2.45, 2.75) is 63.4 Å². The monoisotopic (exact) mass is 449 g/mol. The fraction of sp³-hybridized carbons (Fsp3) is 0.385. The van der Waals surface area contributed by atoms with Crippen molar-refractivity contribution in [1.29, 1.82) is 0 Å². The van der Waals surface area contributed by atoms with Crippen LogP contribution in [-0.2, 0) is 14.3 Å². The van der Waals surface area contributed by atoms with Gasteiger partial charge >= 0.3 is 5.97 Å². The molecule has 1 aromatic heterocycles. The highest BCUT2D eigenvalue weighted by Crippen LogP contribution is 2.46. The molecule has 0 spiro atoms. The van der Waals surface area contributed by atoms with Gasteiger partial charge in [0, 0.05) is 40.1 Å². The second-order valence-corrected chi connectivity index (χ2v) is 9.92. The van der Waals surface area contributed by atoms with Crippen molar-refractivity contribution >= 4 is 23.1 Å². The van der Waals surface area contributed by atoms with Crippen LogP contribution in [0.1, 0.15) is 67.7 Å². The summed E-state index contributed by atoms with van der Waals surface area (Å²) in [5.41, 5.74) is 3.44. The van der Waals surface area contributed by atoms with Crippen molar-refractivity contribution in [2.75, 3.05) is 0 Å². The molecule has 0 unspecified atom stereocenters. The SMILES string of the molecule is CC1=C(C(=O)OC2CCCC2)[C@@H](c2cccc(O)c2)C2=C(C[C@@H](c3cccs3)CC2=O)N1. The quantitative estimate of drug-likeness (QED) is 0.620. The van der Waals surface area contributed by atoms with E-state index in [1.165, 1.54) is 4.88 Å². The summed E-state index contributed by atoms with van der Waals surface area (Å²) in [5.74, 6) is -0.606. The number of allylic oxidation sites excluding steroid dienone is 3. The molecule has 166 valence electrons. The average Bonchev–Trinajstić information content (AvgIpc) is 3.47. The highest BCUT2D eigenvalue weighted by atomic mass is 32.1. The summed E-state index contributed by atoms with van der Waals surface area (Å²) in [6, 6.07) is 11.0. The maximum atomic E-state index is 13.5. The molecule has 1 aliphatic heterocycles. The third-order valence-corrected chi connectivity index (χ3v) is 7.81. The lowest BCUT2D eigenvalue weighted by Gasteiger charge is -2.36. The van der Waals surface area contributed by atoms with Crippen LogP contribution >= 0.6 is 11.3 Å². The fourth-order valence-corrected chi connectivity index (χ4v) is 6.12. The van der Waals surface area contributed by atoms with Gasteiger partial charge in [0.2, 0.25) is 0 Å². The van der Waals surface area contributed by atoms with Gasteiger partial charge in [0.15, 0.2) is 5.78 Å². The molecular formula is C26H27NO4S. The molecule has 2 atom stereocenters. The number of hydrogen-bond acceptors (Lipinski definition) is 6. The number of esters is 1. The maximum absolute atomic E-state index is 13.5. The number of phenolic OH excluding ortho intramolecular Hbond substituents is 1. The Hall–Kier alpha value is -2.86. The minimum Gasteiger partial charge on any atom is -0.508 e. The molecule has 5 nitrogen and oxygen atoms in total. The third-order valence-electron chi connectivity index (χ3n) is 6.77. The molecule has 32 heavy (non-hydrogen) atoms. The van der Waals surface area contributed by atoms with Crippen molar-refractivity contribution in [3.8, 4) is 5.75 Å². The fourth-order valence-electron chi connectivity index (χ4n) is 5.29. The number of benzene rings is 1. The van der Waals surface area contributed by atoms with E-state index in [9.17, 15) is 14.7 Å². The molecule has 2 N–H and O–H groups in total. The number of phenols is 1. The van der Waals surface area contributed by atoms with E-state index in [0.717, 1.165) is 49.1 Å². The first-order valence-corrected chi connectivity index (χ1v) is 12.2. The summed E-state index contributed by atoms with van der Waals surface area (Å²) < 4.78 is 5.87. The molecule has 6 heteroatoms. The molecule has 1 saturated carbocycles. The molecule has 2 heterocycles. The summed E-state index contributed by atoms with van der Waals surface area (Å²) in [7, 11) is 0. The van der Waals surface area contributed by atoms with Crippen LogP contribution in [0.3, 0.4) is 0 Å². The highest BCUT2D eigenvalue weighted by Gasteiger charge is 2.42. The van der Waals surface area contributed by atoms with E-state index < -0.39 is 5.92 Å². The lowest BCUT2D eigenvalue weighted by molar-refractivity contribution is -0.144. The Morgan fingerprint density at radius 3 is 2.69 bits per heavy atom. The van der Waals surface area contributed by atoms with Crippen LogP contribution in [0.5, 0.6) is 5.75 Å². The molecule has 1 aromatic carbocycles. The number of nitrogens with one attached hydrogen (secondary N) is 1. The van der Waals surface area contributed by atoms with Gasteiger partial charge in [-0.3, -0.25) is 4.79 Å². The molecule has 1 fully saturated rings. The minimum atomic E-state index is -0.538. The zero-order chi connectivity index (χ0) is 22.2. The molecule has 3 aliphatic rings. The smallest absolute Gasteiger partial charge is 0.337 e. The summed E-state index contributed by atoms with van der Waals surface area (Å²) in [5, 5.41) is 15.6. The van der Waals surface area contributed by atoms with Crippen LogP contribution in [0.25, 0.3) is 0 Å². The molecule has 0 amide bonds. The number of carbonyl (C=O) groups is 2. The van der Waals surface area contributed by atoms with E-state index in [0.29, 0.717) is 17.6 Å². The van der Waals surface area contributed by atoms with Crippen LogP contribution in [0.15, 0.2) is 64.3 Å². The Bertz CT molecular complexity index is 1110. The topological polar surface area (TPSA) is 75.6 Å². The van der Waals surface area contributed by atoms with Crippen molar-refractivity contribution in [2.24, 2.45) is 0 Å². The molecular weight excluding hydrogens is 422 g/mol.